The molecule has 36 heavy (non-hydrogen) atoms. The number of carbonyl (C=O) groups excluding carboxylic acids is 2. The van der Waals surface area contributed by atoms with E-state index in [9.17, 15) is 9.59 Å². The van der Waals surface area contributed by atoms with E-state index in [1.54, 1.807) is 29.3 Å². The lowest BCUT2D eigenvalue weighted by atomic mass is 9.96. The summed E-state index contributed by atoms with van der Waals surface area (Å²) in [6.45, 7) is 1.73. The highest BCUT2D eigenvalue weighted by molar-refractivity contribution is 6.07. The lowest BCUT2D eigenvalue weighted by molar-refractivity contribution is 0.0945. The van der Waals surface area contributed by atoms with Crippen LogP contribution in [0.5, 0.6) is 0 Å². The van der Waals surface area contributed by atoms with Crippen molar-refractivity contribution in [2.75, 3.05) is 23.5 Å². The van der Waals surface area contributed by atoms with Crippen molar-refractivity contribution in [2.24, 2.45) is 0 Å². The monoisotopic (exact) mass is 489 g/mol. The minimum absolute atomic E-state index is 0.203. The molecule has 1 saturated heterocycles. The number of hydrazine groups is 1. The first kappa shape index (κ1) is 22.7. The third-order valence-electron chi connectivity index (χ3n) is 6.99. The molecule has 11 nitrogen and oxygen atoms in total. The Labute approximate surface area is 209 Å². The Kier molecular flexibility index (Phi) is 6.14. The molecule has 2 amide bonds. The van der Waals surface area contributed by atoms with Crippen LogP contribution >= 0.6 is 0 Å². The molecule has 188 valence electrons. The first-order valence-corrected chi connectivity index (χ1v) is 12.9. The smallest absolute Gasteiger partial charge is 0.274 e. The summed E-state index contributed by atoms with van der Waals surface area (Å²) in [6, 6.07) is 7.66. The summed E-state index contributed by atoms with van der Waals surface area (Å²) in [7, 11) is 0. The number of hydrogen-bond donors (Lipinski definition) is 3. The highest BCUT2D eigenvalue weighted by Crippen LogP contribution is 2.30. The molecule has 4 heterocycles. The van der Waals surface area contributed by atoms with Gasteiger partial charge in [0.15, 0.2) is 5.69 Å². The molecule has 3 N–H and O–H groups in total. The van der Waals surface area contributed by atoms with Crippen molar-refractivity contribution >= 4 is 17.5 Å². The molecule has 3 fully saturated rings. The van der Waals surface area contributed by atoms with E-state index < -0.39 is 0 Å². The van der Waals surface area contributed by atoms with Crippen LogP contribution in [0.3, 0.4) is 0 Å². The number of nitrogens with one attached hydrogen (secondary N) is 3. The van der Waals surface area contributed by atoms with Gasteiger partial charge in [-0.15, -0.1) is 0 Å². The predicted octanol–water partition coefficient (Wildman–Crippen LogP) is 2.64. The molecule has 3 aromatic rings. The maximum atomic E-state index is 13.3. The van der Waals surface area contributed by atoms with E-state index in [0.717, 1.165) is 63.7 Å². The van der Waals surface area contributed by atoms with Gasteiger partial charge in [-0.25, -0.2) is 15.5 Å². The van der Waals surface area contributed by atoms with Gasteiger partial charge in [0.25, 0.3) is 11.8 Å². The first-order valence-electron chi connectivity index (χ1n) is 12.9. The Morgan fingerprint density at radius 2 is 1.86 bits per heavy atom. The topological polar surface area (TPSA) is 122 Å². The van der Waals surface area contributed by atoms with Crippen molar-refractivity contribution in [3.8, 4) is 11.4 Å². The molecule has 0 spiro atoms. The van der Waals surface area contributed by atoms with Crippen molar-refractivity contribution in [3.63, 3.8) is 0 Å². The predicted molar refractivity (Wildman–Crippen MR) is 134 cm³/mol. The highest BCUT2D eigenvalue weighted by Gasteiger charge is 2.29. The summed E-state index contributed by atoms with van der Waals surface area (Å²) in [4.78, 5) is 32.6. The van der Waals surface area contributed by atoms with Crippen molar-refractivity contribution in [2.45, 2.75) is 63.5 Å². The Hall–Kier alpha value is -3.73. The van der Waals surface area contributed by atoms with Gasteiger partial charge in [0.1, 0.15) is 11.4 Å². The number of rotatable bonds is 7. The van der Waals surface area contributed by atoms with Gasteiger partial charge in [0, 0.05) is 18.8 Å². The summed E-state index contributed by atoms with van der Waals surface area (Å²) < 4.78 is 1.86. The molecule has 0 atom stereocenters. The molecule has 3 aromatic heterocycles. The number of hydrogen-bond acceptors (Lipinski definition) is 7. The average molecular weight is 490 g/mol. The normalized spacial score (nSPS) is 18.4. The van der Waals surface area contributed by atoms with Crippen LogP contribution in [0.2, 0.25) is 0 Å². The lowest BCUT2D eigenvalue weighted by Gasteiger charge is -2.21. The number of pyridine rings is 1. The lowest BCUT2D eigenvalue weighted by Crippen LogP contribution is -2.41. The van der Waals surface area contributed by atoms with Gasteiger partial charge in [-0.05, 0) is 50.3 Å². The third-order valence-corrected chi connectivity index (χ3v) is 6.99. The molecule has 0 radical (unpaired) electrons. The van der Waals surface area contributed by atoms with Crippen LogP contribution in [-0.4, -0.2) is 55.6 Å². The van der Waals surface area contributed by atoms with Gasteiger partial charge in [-0.2, -0.15) is 15.0 Å². The number of carbonyl (C=O) groups is 2. The molecule has 0 aromatic carbocycles. The number of anilines is 1. The van der Waals surface area contributed by atoms with E-state index >= 15 is 0 Å². The number of amides is 2. The van der Waals surface area contributed by atoms with Crippen LogP contribution in [0.1, 0.15) is 78.4 Å². The van der Waals surface area contributed by atoms with Gasteiger partial charge < -0.3 is 10.6 Å². The minimum atomic E-state index is -0.383. The van der Waals surface area contributed by atoms with Crippen LogP contribution in [0.25, 0.3) is 11.4 Å². The van der Waals surface area contributed by atoms with E-state index in [-0.39, 0.29) is 35.3 Å². The van der Waals surface area contributed by atoms with Crippen molar-refractivity contribution in [1.29, 1.82) is 0 Å². The quantitative estimate of drug-likeness (QED) is 0.466. The molecule has 6 rings (SSSR count). The summed E-state index contributed by atoms with van der Waals surface area (Å²) in [5.74, 6) is -0.628. The van der Waals surface area contributed by atoms with Gasteiger partial charge in [-0.1, -0.05) is 25.3 Å². The second kappa shape index (κ2) is 9.73. The molecule has 2 aliphatic carbocycles. The van der Waals surface area contributed by atoms with Crippen LogP contribution in [0.15, 0.2) is 36.7 Å². The van der Waals surface area contributed by atoms with Crippen LogP contribution in [0, 0.1) is 0 Å². The average Bonchev–Trinajstić information content (AvgIpc) is 3.31. The van der Waals surface area contributed by atoms with Gasteiger partial charge in [0.2, 0.25) is 0 Å². The highest BCUT2D eigenvalue weighted by atomic mass is 16.2. The van der Waals surface area contributed by atoms with E-state index in [2.05, 4.69) is 31.2 Å². The Balaban J connectivity index is 1.25. The zero-order valence-corrected chi connectivity index (χ0v) is 20.2. The zero-order valence-electron chi connectivity index (χ0n) is 20.2. The van der Waals surface area contributed by atoms with E-state index in [0.29, 0.717) is 11.4 Å². The zero-order chi connectivity index (χ0) is 24.5. The minimum Gasteiger partial charge on any atom is -0.348 e. The van der Waals surface area contributed by atoms with Crippen LogP contribution in [0.4, 0.5) is 5.69 Å². The fourth-order valence-corrected chi connectivity index (χ4v) is 4.91. The fraction of sp³-hybridized carbons (Fsp3) is 0.480. The largest absolute Gasteiger partial charge is 0.348 e. The Morgan fingerprint density at radius 3 is 2.64 bits per heavy atom. The second-order valence-electron chi connectivity index (χ2n) is 9.76. The summed E-state index contributed by atoms with van der Waals surface area (Å²) in [5, 5.41) is 16.9. The number of aromatic nitrogens is 5. The van der Waals surface area contributed by atoms with Crippen molar-refractivity contribution in [1.82, 2.24) is 35.4 Å². The summed E-state index contributed by atoms with van der Waals surface area (Å²) in [5.41, 5.74) is 5.64. The number of nitrogens with zero attached hydrogens (tertiary/aromatic N) is 6. The molecular weight excluding hydrogens is 458 g/mol. The van der Waals surface area contributed by atoms with Crippen molar-refractivity contribution in [3.05, 3.63) is 48.0 Å². The fourth-order valence-electron chi connectivity index (χ4n) is 4.91. The maximum absolute atomic E-state index is 13.3. The van der Waals surface area contributed by atoms with E-state index in [1.165, 1.54) is 6.42 Å². The molecule has 0 unspecified atom stereocenters. The Bertz CT molecular complexity index is 1250. The molecule has 2 saturated carbocycles. The third kappa shape index (κ3) is 4.70. The first-order chi connectivity index (χ1) is 17.7. The molecule has 11 heteroatoms. The van der Waals surface area contributed by atoms with Gasteiger partial charge in [0.05, 0.1) is 30.2 Å². The summed E-state index contributed by atoms with van der Waals surface area (Å²) >= 11 is 0. The van der Waals surface area contributed by atoms with Crippen LogP contribution < -0.4 is 21.2 Å². The Morgan fingerprint density at radius 1 is 1.00 bits per heavy atom. The van der Waals surface area contributed by atoms with Gasteiger partial charge in [-0.3, -0.25) is 14.3 Å². The summed E-state index contributed by atoms with van der Waals surface area (Å²) in [6.07, 6.45) is 12.1. The SMILES string of the molecule is O=C(Nc1cn(C2CCCCC2)nc1C(=O)NC1CC1)c1cccc(-c2ccnn2N2CCCN2)n1. The molecule has 3 aliphatic rings. The molecular formula is C25H31N9O2. The second-order valence-corrected chi connectivity index (χ2v) is 9.76. The maximum Gasteiger partial charge on any atom is 0.274 e. The van der Waals surface area contributed by atoms with E-state index in [1.807, 2.05) is 21.9 Å². The molecule has 1 aliphatic heterocycles. The van der Waals surface area contributed by atoms with Gasteiger partial charge >= 0.3 is 0 Å². The van der Waals surface area contributed by atoms with Crippen molar-refractivity contribution < 1.29 is 9.59 Å². The molecule has 0 bridgehead atoms. The van der Waals surface area contributed by atoms with E-state index in [4.69, 9.17) is 0 Å². The standard InChI is InChI=1S/C25H31N9O2/c35-24(20-9-4-8-19(29-20)22-12-14-27-34(22)33-15-5-13-26-33)30-21-16-32(18-6-2-1-3-7-18)31-23(21)25(36)28-17-10-11-17/h4,8-9,12,14,16-18,26H,1-3,5-7,10-11,13,15H2,(H,28,36)(H,30,35). The van der Waals surface area contributed by atoms with Crippen LogP contribution in [-0.2, 0) is 0 Å².